The topological polar surface area (TPSA) is 49.4 Å². The number of carbonyl (C=O) groups excluding carboxylic acids is 2. The lowest BCUT2D eigenvalue weighted by atomic mass is 9.83. The van der Waals surface area contributed by atoms with E-state index in [4.69, 9.17) is 0 Å². The minimum atomic E-state index is -0.600. The standard InChI is InChI=1S/C16H26N2O2/c1-3-16(4-2)15(20)17-13(11-9-10-11)14(19)18(16)12-7-5-6-8-12/h11-13H,3-10H2,1-2H3,(H,17,20). The van der Waals surface area contributed by atoms with Gasteiger partial charge in [-0.25, -0.2) is 0 Å². The highest BCUT2D eigenvalue weighted by atomic mass is 16.2. The van der Waals surface area contributed by atoms with Gasteiger partial charge in [0, 0.05) is 6.04 Å². The van der Waals surface area contributed by atoms with Crippen LogP contribution in [0.2, 0.25) is 0 Å². The zero-order chi connectivity index (χ0) is 14.3. The summed E-state index contributed by atoms with van der Waals surface area (Å²) in [4.78, 5) is 27.7. The number of hydrogen-bond donors (Lipinski definition) is 1. The normalized spacial score (nSPS) is 30.7. The third-order valence-corrected chi connectivity index (χ3v) is 5.63. The molecule has 0 aromatic carbocycles. The molecule has 3 fully saturated rings. The Bertz CT molecular complexity index is 407. The van der Waals surface area contributed by atoms with E-state index in [0.29, 0.717) is 5.92 Å². The molecule has 0 aromatic heterocycles. The first-order valence-electron chi connectivity index (χ1n) is 8.28. The number of nitrogens with one attached hydrogen (secondary N) is 1. The Kier molecular flexibility index (Phi) is 3.51. The summed E-state index contributed by atoms with van der Waals surface area (Å²) < 4.78 is 0. The molecule has 3 aliphatic rings. The Morgan fingerprint density at radius 2 is 1.70 bits per heavy atom. The number of nitrogens with zero attached hydrogens (tertiary/aromatic N) is 1. The molecule has 1 heterocycles. The molecule has 20 heavy (non-hydrogen) atoms. The molecule has 0 bridgehead atoms. The van der Waals surface area contributed by atoms with Crippen molar-refractivity contribution in [3.05, 3.63) is 0 Å². The van der Waals surface area contributed by atoms with Gasteiger partial charge in [0.1, 0.15) is 11.6 Å². The number of amides is 2. The van der Waals surface area contributed by atoms with Crippen LogP contribution in [0.3, 0.4) is 0 Å². The number of rotatable bonds is 4. The number of carbonyl (C=O) groups is 2. The van der Waals surface area contributed by atoms with E-state index in [9.17, 15) is 9.59 Å². The van der Waals surface area contributed by atoms with E-state index in [1.54, 1.807) is 0 Å². The summed E-state index contributed by atoms with van der Waals surface area (Å²) in [6.07, 6.45) is 8.11. The van der Waals surface area contributed by atoms with Crippen molar-refractivity contribution < 1.29 is 9.59 Å². The fraction of sp³-hybridized carbons (Fsp3) is 0.875. The molecule has 112 valence electrons. The van der Waals surface area contributed by atoms with E-state index < -0.39 is 5.54 Å². The minimum Gasteiger partial charge on any atom is -0.342 e. The summed E-state index contributed by atoms with van der Waals surface area (Å²) >= 11 is 0. The van der Waals surface area contributed by atoms with Gasteiger partial charge in [-0.2, -0.15) is 0 Å². The smallest absolute Gasteiger partial charge is 0.246 e. The molecule has 3 rings (SSSR count). The molecular formula is C16H26N2O2. The van der Waals surface area contributed by atoms with Crippen molar-refractivity contribution in [3.8, 4) is 0 Å². The van der Waals surface area contributed by atoms with Crippen LogP contribution in [-0.4, -0.2) is 34.3 Å². The highest BCUT2D eigenvalue weighted by Gasteiger charge is 2.55. The van der Waals surface area contributed by atoms with E-state index >= 15 is 0 Å². The second-order valence-corrected chi connectivity index (χ2v) is 6.67. The van der Waals surface area contributed by atoms with Crippen LogP contribution in [-0.2, 0) is 9.59 Å². The van der Waals surface area contributed by atoms with Crippen molar-refractivity contribution in [2.24, 2.45) is 5.92 Å². The molecule has 1 N–H and O–H groups in total. The summed E-state index contributed by atoms with van der Waals surface area (Å²) in [5.41, 5.74) is -0.600. The van der Waals surface area contributed by atoms with Crippen LogP contribution in [0.15, 0.2) is 0 Å². The fourth-order valence-corrected chi connectivity index (χ4v) is 4.16. The van der Waals surface area contributed by atoms with Crippen LogP contribution in [0.4, 0.5) is 0 Å². The van der Waals surface area contributed by atoms with Crippen molar-refractivity contribution in [3.63, 3.8) is 0 Å². The third-order valence-electron chi connectivity index (χ3n) is 5.63. The van der Waals surface area contributed by atoms with Gasteiger partial charge in [-0.1, -0.05) is 26.7 Å². The fourth-order valence-electron chi connectivity index (χ4n) is 4.16. The van der Waals surface area contributed by atoms with Crippen molar-refractivity contribution in [1.82, 2.24) is 10.2 Å². The maximum atomic E-state index is 13.0. The van der Waals surface area contributed by atoms with Gasteiger partial charge in [0.15, 0.2) is 0 Å². The van der Waals surface area contributed by atoms with Crippen LogP contribution < -0.4 is 5.32 Å². The van der Waals surface area contributed by atoms with E-state index in [0.717, 1.165) is 38.5 Å². The van der Waals surface area contributed by atoms with Crippen molar-refractivity contribution in [2.75, 3.05) is 0 Å². The zero-order valence-corrected chi connectivity index (χ0v) is 12.7. The lowest BCUT2D eigenvalue weighted by Gasteiger charge is -2.50. The molecule has 1 aliphatic heterocycles. The van der Waals surface area contributed by atoms with Gasteiger partial charge in [-0.15, -0.1) is 0 Å². The Morgan fingerprint density at radius 1 is 1.10 bits per heavy atom. The lowest BCUT2D eigenvalue weighted by Crippen LogP contribution is -2.72. The highest BCUT2D eigenvalue weighted by Crippen LogP contribution is 2.41. The van der Waals surface area contributed by atoms with Crippen LogP contribution in [0.25, 0.3) is 0 Å². The van der Waals surface area contributed by atoms with Crippen molar-refractivity contribution in [2.45, 2.75) is 82.8 Å². The average Bonchev–Trinajstić information content (AvgIpc) is 3.16. The second-order valence-electron chi connectivity index (χ2n) is 6.67. The first-order valence-corrected chi connectivity index (χ1v) is 8.28. The summed E-state index contributed by atoms with van der Waals surface area (Å²) in [6.45, 7) is 4.07. The SMILES string of the molecule is CCC1(CC)C(=O)NC(C2CC2)C(=O)N1C1CCCC1. The largest absolute Gasteiger partial charge is 0.342 e. The molecule has 2 aliphatic carbocycles. The van der Waals surface area contributed by atoms with Gasteiger partial charge < -0.3 is 10.2 Å². The summed E-state index contributed by atoms with van der Waals surface area (Å²) in [7, 11) is 0. The van der Waals surface area contributed by atoms with Gasteiger partial charge in [0.2, 0.25) is 11.8 Å². The maximum absolute atomic E-state index is 13.0. The number of hydrogen-bond acceptors (Lipinski definition) is 2. The van der Waals surface area contributed by atoms with Gasteiger partial charge in [-0.3, -0.25) is 9.59 Å². The first-order chi connectivity index (χ1) is 9.64. The van der Waals surface area contributed by atoms with E-state index in [-0.39, 0.29) is 23.9 Å². The first kappa shape index (κ1) is 13.9. The van der Waals surface area contributed by atoms with Crippen LogP contribution in [0.5, 0.6) is 0 Å². The maximum Gasteiger partial charge on any atom is 0.246 e. The van der Waals surface area contributed by atoms with Crippen LogP contribution >= 0.6 is 0 Å². The molecule has 4 nitrogen and oxygen atoms in total. The Hall–Kier alpha value is -1.06. The predicted octanol–water partition coefficient (Wildman–Crippen LogP) is 2.22. The molecule has 4 heteroatoms. The van der Waals surface area contributed by atoms with Gasteiger partial charge >= 0.3 is 0 Å². The molecule has 2 amide bonds. The van der Waals surface area contributed by atoms with Gasteiger partial charge in [0.05, 0.1) is 0 Å². The molecule has 2 saturated carbocycles. The van der Waals surface area contributed by atoms with Crippen molar-refractivity contribution in [1.29, 1.82) is 0 Å². The average molecular weight is 278 g/mol. The summed E-state index contributed by atoms with van der Waals surface area (Å²) in [5.74, 6) is 0.677. The molecule has 0 spiro atoms. The molecule has 1 unspecified atom stereocenters. The van der Waals surface area contributed by atoms with E-state index in [1.165, 1.54) is 12.8 Å². The minimum absolute atomic E-state index is 0.0888. The molecular weight excluding hydrogens is 252 g/mol. The van der Waals surface area contributed by atoms with E-state index in [2.05, 4.69) is 5.32 Å². The molecule has 1 saturated heterocycles. The second kappa shape index (κ2) is 5.05. The third kappa shape index (κ3) is 1.95. The zero-order valence-electron chi connectivity index (χ0n) is 12.7. The summed E-state index contributed by atoms with van der Waals surface area (Å²) in [5, 5.41) is 3.04. The predicted molar refractivity (Wildman–Crippen MR) is 77.1 cm³/mol. The number of piperazine rings is 1. The van der Waals surface area contributed by atoms with Gasteiger partial charge in [0.25, 0.3) is 0 Å². The van der Waals surface area contributed by atoms with Crippen LogP contribution in [0, 0.1) is 5.92 Å². The lowest BCUT2D eigenvalue weighted by molar-refractivity contribution is -0.162. The Labute approximate surface area is 121 Å². The molecule has 0 radical (unpaired) electrons. The Balaban J connectivity index is 1.95. The highest BCUT2D eigenvalue weighted by molar-refractivity contribution is 6.00. The monoisotopic (exact) mass is 278 g/mol. The molecule has 0 aromatic rings. The summed E-state index contributed by atoms with van der Waals surface area (Å²) in [6, 6.07) is 0.0454. The Morgan fingerprint density at radius 3 is 2.20 bits per heavy atom. The quantitative estimate of drug-likeness (QED) is 0.857. The molecule has 1 atom stereocenters. The van der Waals surface area contributed by atoms with E-state index in [1.807, 2.05) is 18.7 Å². The van der Waals surface area contributed by atoms with Crippen LogP contribution in [0.1, 0.15) is 65.2 Å². The van der Waals surface area contributed by atoms with Gasteiger partial charge in [-0.05, 0) is 44.4 Å². The van der Waals surface area contributed by atoms with Crippen molar-refractivity contribution >= 4 is 11.8 Å².